The van der Waals surface area contributed by atoms with Crippen LogP contribution in [0, 0.1) is 6.42 Å². The summed E-state index contributed by atoms with van der Waals surface area (Å²) in [6, 6.07) is 7.61. The fraction of sp³-hybridized carbons (Fsp3) is 0.300. The van der Waals surface area contributed by atoms with Crippen LogP contribution in [0.3, 0.4) is 0 Å². The Morgan fingerprint density at radius 2 is 2.31 bits per heavy atom. The van der Waals surface area contributed by atoms with Gasteiger partial charge in [-0.3, -0.25) is 0 Å². The Labute approximate surface area is 83.4 Å². The van der Waals surface area contributed by atoms with Gasteiger partial charge in [0, 0.05) is 18.6 Å². The van der Waals surface area contributed by atoms with Crippen LogP contribution in [0.25, 0.3) is 0 Å². The average Bonchev–Trinajstić information content (AvgIpc) is 2.13. The summed E-state index contributed by atoms with van der Waals surface area (Å²) in [5.41, 5.74) is 1.06. The molecular weight excluding hydrogens is 188 g/mol. The average molecular weight is 200 g/mol. The minimum absolute atomic E-state index is 0.317. The number of hydrogen-bond acceptors (Lipinski definition) is 2. The van der Waals surface area contributed by atoms with Crippen LogP contribution in [0.2, 0.25) is 5.02 Å². The van der Waals surface area contributed by atoms with Crippen LogP contribution in [0.5, 0.6) is 0 Å². The van der Waals surface area contributed by atoms with E-state index >= 15 is 0 Å². The highest BCUT2D eigenvalue weighted by molar-refractivity contribution is 6.30. The second-order valence-corrected chi connectivity index (χ2v) is 2.97. The van der Waals surface area contributed by atoms with Gasteiger partial charge in [0.25, 0.3) is 0 Å². The summed E-state index contributed by atoms with van der Waals surface area (Å²) in [6.07, 6.45) is 1.95. The quantitative estimate of drug-likeness (QED) is 0.536. The van der Waals surface area contributed by atoms with Crippen LogP contribution >= 0.6 is 11.6 Å². The molecule has 0 aliphatic rings. The number of methoxy groups -OCH3 is 1. The smallest absolute Gasteiger partial charge is 0.146 e. The van der Waals surface area contributed by atoms with Crippen molar-refractivity contribution in [1.29, 1.82) is 0 Å². The van der Waals surface area contributed by atoms with Crippen LogP contribution in [0.1, 0.15) is 5.56 Å². The molecule has 13 heavy (non-hydrogen) atoms. The largest absolute Gasteiger partial charge is 0.359 e. The lowest BCUT2D eigenvalue weighted by Gasteiger charge is -2.02. The molecule has 3 heteroatoms. The van der Waals surface area contributed by atoms with Crippen molar-refractivity contribution < 1.29 is 9.47 Å². The molecule has 0 saturated carbocycles. The van der Waals surface area contributed by atoms with Gasteiger partial charge in [0.05, 0.1) is 6.61 Å². The van der Waals surface area contributed by atoms with E-state index in [1.165, 1.54) is 0 Å². The Morgan fingerprint density at radius 3 is 3.00 bits per heavy atom. The molecule has 0 aromatic heterocycles. The van der Waals surface area contributed by atoms with Crippen LogP contribution in [0.15, 0.2) is 24.3 Å². The third kappa shape index (κ3) is 4.27. The van der Waals surface area contributed by atoms with E-state index in [4.69, 9.17) is 21.1 Å². The van der Waals surface area contributed by atoms with Crippen molar-refractivity contribution in [3.8, 4) is 0 Å². The van der Waals surface area contributed by atoms with Crippen molar-refractivity contribution in [2.45, 2.75) is 0 Å². The Morgan fingerprint density at radius 1 is 1.46 bits per heavy atom. The van der Waals surface area contributed by atoms with Gasteiger partial charge < -0.3 is 9.47 Å². The predicted octanol–water partition coefficient (Wildman–Crippen LogP) is 2.51. The molecule has 0 N–H and O–H groups in total. The van der Waals surface area contributed by atoms with Crippen molar-refractivity contribution in [3.63, 3.8) is 0 Å². The summed E-state index contributed by atoms with van der Waals surface area (Å²) in [4.78, 5) is 0. The number of halogens is 1. The van der Waals surface area contributed by atoms with Crippen molar-refractivity contribution in [2.24, 2.45) is 0 Å². The summed E-state index contributed by atoms with van der Waals surface area (Å²) in [7, 11) is 1.60. The van der Waals surface area contributed by atoms with Gasteiger partial charge in [-0.05, 0) is 17.7 Å². The molecule has 0 bridgehead atoms. The van der Waals surface area contributed by atoms with Gasteiger partial charge in [-0.25, -0.2) is 0 Å². The van der Waals surface area contributed by atoms with E-state index in [0.717, 1.165) is 10.6 Å². The third-order valence-corrected chi connectivity index (χ3v) is 1.72. The van der Waals surface area contributed by atoms with Crippen LogP contribution in [-0.2, 0) is 9.47 Å². The summed E-state index contributed by atoms with van der Waals surface area (Å²) >= 11 is 5.80. The molecule has 0 unspecified atom stereocenters. The molecule has 0 spiro atoms. The SMILES string of the molecule is COCOC[CH]c1cccc(Cl)c1. The summed E-state index contributed by atoms with van der Waals surface area (Å²) < 4.78 is 9.84. The molecule has 0 fully saturated rings. The summed E-state index contributed by atoms with van der Waals surface area (Å²) in [6.45, 7) is 0.852. The van der Waals surface area contributed by atoms with E-state index in [9.17, 15) is 0 Å². The molecule has 0 saturated heterocycles. The van der Waals surface area contributed by atoms with Crippen molar-refractivity contribution in [2.75, 3.05) is 20.5 Å². The fourth-order valence-electron chi connectivity index (χ4n) is 0.920. The highest BCUT2D eigenvalue weighted by Crippen LogP contribution is 2.11. The molecule has 2 nitrogen and oxygen atoms in total. The maximum Gasteiger partial charge on any atom is 0.146 e. The minimum atomic E-state index is 0.317. The molecular formula is C10H12ClO2. The lowest BCUT2D eigenvalue weighted by molar-refractivity contribution is -0.0213. The fourth-order valence-corrected chi connectivity index (χ4v) is 1.12. The molecule has 0 aliphatic carbocycles. The highest BCUT2D eigenvalue weighted by atomic mass is 35.5. The highest BCUT2D eigenvalue weighted by Gasteiger charge is 1.94. The first-order chi connectivity index (χ1) is 6.33. The Balaban J connectivity index is 2.28. The Hall–Kier alpha value is -0.570. The van der Waals surface area contributed by atoms with Gasteiger partial charge in [0.1, 0.15) is 6.79 Å². The molecule has 0 atom stereocenters. The Kier molecular flexibility index (Phi) is 4.83. The van der Waals surface area contributed by atoms with E-state index in [1.807, 2.05) is 30.7 Å². The lowest BCUT2D eigenvalue weighted by Crippen LogP contribution is -1.99. The molecule has 0 amide bonds. The van der Waals surface area contributed by atoms with Crippen LogP contribution < -0.4 is 0 Å². The number of rotatable bonds is 5. The molecule has 71 valence electrons. The van der Waals surface area contributed by atoms with Crippen molar-refractivity contribution >= 4 is 11.6 Å². The molecule has 1 aromatic rings. The zero-order valence-corrected chi connectivity index (χ0v) is 8.25. The maximum absolute atomic E-state index is 5.80. The second-order valence-electron chi connectivity index (χ2n) is 2.54. The van der Waals surface area contributed by atoms with Gasteiger partial charge in [-0.2, -0.15) is 0 Å². The molecule has 1 aromatic carbocycles. The van der Waals surface area contributed by atoms with Gasteiger partial charge in [-0.1, -0.05) is 23.7 Å². The van der Waals surface area contributed by atoms with Gasteiger partial charge in [-0.15, -0.1) is 0 Å². The number of ether oxygens (including phenoxy) is 2. The van der Waals surface area contributed by atoms with E-state index in [0.29, 0.717) is 13.4 Å². The van der Waals surface area contributed by atoms with Gasteiger partial charge >= 0.3 is 0 Å². The minimum Gasteiger partial charge on any atom is -0.359 e. The van der Waals surface area contributed by atoms with Crippen LogP contribution in [0.4, 0.5) is 0 Å². The first-order valence-corrected chi connectivity index (χ1v) is 4.36. The van der Waals surface area contributed by atoms with Gasteiger partial charge in [0.2, 0.25) is 0 Å². The van der Waals surface area contributed by atoms with Crippen molar-refractivity contribution in [1.82, 2.24) is 0 Å². The first kappa shape index (κ1) is 10.5. The maximum atomic E-state index is 5.80. The normalized spacial score (nSPS) is 10.3. The summed E-state index contributed by atoms with van der Waals surface area (Å²) in [5, 5.41) is 0.737. The monoisotopic (exact) mass is 199 g/mol. The third-order valence-electron chi connectivity index (χ3n) is 1.49. The van der Waals surface area contributed by atoms with Gasteiger partial charge in [0.15, 0.2) is 0 Å². The van der Waals surface area contributed by atoms with E-state index in [1.54, 1.807) is 7.11 Å². The predicted molar refractivity (Wildman–Crippen MR) is 52.7 cm³/mol. The second kappa shape index (κ2) is 5.97. The number of hydrogen-bond donors (Lipinski definition) is 0. The molecule has 1 rings (SSSR count). The Bertz CT molecular complexity index is 250. The molecule has 0 heterocycles. The summed E-state index contributed by atoms with van der Waals surface area (Å²) in [5.74, 6) is 0. The molecule has 1 radical (unpaired) electrons. The number of benzene rings is 1. The topological polar surface area (TPSA) is 18.5 Å². The van der Waals surface area contributed by atoms with E-state index < -0.39 is 0 Å². The standard InChI is InChI=1S/C10H12ClO2/c1-12-8-13-6-5-9-3-2-4-10(11)7-9/h2-5,7H,6,8H2,1H3. The molecule has 0 aliphatic heterocycles. The van der Waals surface area contributed by atoms with E-state index in [2.05, 4.69) is 0 Å². The zero-order valence-electron chi connectivity index (χ0n) is 7.50. The first-order valence-electron chi connectivity index (χ1n) is 3.98. The zero-order chi connectivity index (χ0) is 9.52. The van der Waals surface area contributed by atoms with Crippen LogP contribution in [-0.4, -0.2) is 20.5 Å². The van der Waals surface area contributed by atoms with E-state index in [-0.39, 0.29) is 0 Å². The van der Waals surface area contributed by atoms with Crippen molar-refractivity contribution in [3.05, 3.63) is 41.3 Å². The lowest BCUT2D eigenvalue weighted by atomic mass is 10.2.